The van der Waals surface area contributed by atoms with Gasteiger partial charge in [-0.3, -0.25) is 34.6 Å². The minimum atomic E-state index is -4.63. The molecule has 0 radical (unpaired) electrons. The number of hydrogen-bond acceptors (Lipinski definition) is 10. The number of guanidine groups is 1. The number of nitrogens with zero attached hydrogens (tertiary/aromatic N) is 3. The number of aliphatic imine (C=N–C) groups is 1. The first kappa shape index (κ1) is 26.9. The summed E-state index contributed by atoms with van der Waals surface area (Å²) in [4.78, 5) is 33.0. The maximum atomic E-state index is 11.0. The van der Waals surface area contributed by atoms with Crippen LogP contribution in [0.15, 0.2) is 34.2 Å². The number of carboxylic acid groups (broad SMARTS) is 1. The molecule has 1 unspecified atom stereocenters. The summed E-state index contributed by atoms with van der Waals surface area (Å²) < 4.78 is 31.0. The van der Waals surface area contributed by atoms with Crippen molar-refractivity contribution in [3.8, 4) is 5.75 Å². The third-order valence-electron chi connectivity index (χ3n) is 4.01. The van der Waals surface area contributed by atoms with Crippen molar-refractivity contribution < 1.29 is 37.8 Å². The number of phenolic OH excluding ortho intramolecular Hbond substituents is 1. The Morgan fingerprint density at radius 1 is 1.09 bits per heavy atom. The van der Waals surface area contributed by atoms with Crippen molar-refractivity contribution in [2.75, 3.05) is 6.54 Å². The Hall–Kier alpha value is -4.09. The second-order valence-electron chi connectivity index (χ2n) is 6.35. The molecule has 2 rings (SSSR count). The Balaban J connectivity index is 0.000000389. The zero-order valence-electron chi connectivity index (χ0n) is 16.7. The second kappa shape index (κ2) is 11.0. The summed E-state index contributed by atoms with van der Waals surface area (Å²) in [5.74, 6) is -1.91. The van der Waals surface area contributed by atoms with E-state index in [4.69, 9.17) is 26.9 Å². The first-order chi connectivity index (χ1) is 15.2. The molecule has 0 saturated carbocycles. The Kier molecular flexibility index (Phi) is 8.96. The normalized spacial score (nSPS) is 11.7. The zero-order valence-corrected chi connectivity index (χ0v) is 17.5. The highest BCUT2D eigenvalue weighted by atomic mass is 32.2. The van der Waals surface area contributed by atoms with Crippen LogP contribution in [0, 0.1) is 20.2 Å². The number of non-ortho nitro benzene ring substituents is 1. The second-order valence-corrected chi connectivity index (χ2v) is 7.78. The van der Waals surface area contributed by atoms with E-state index in [0.29, 0.717) is 25.5 Å². The molecule has 0 amide bonds. The third kappa shape index (κ3) is 7.52. The number of carboxylic acids is 1. The van der Waals surface area contributed by atoms with E-state index in [1.807, 2.05) is 0 Å². The molecule has 0 aliphatic carbocycles. The Morgan fingerprint density at radius 3 is 2.12 bits per heavy atom. The smallest absolute Gasteiger partial charge is 0.320 e. The first-order valence-corrected chi connectivity index (χ1v) is 10.2. The van der Waals surface area contributed by atoms with E-state index < -0.39 is 59.4 Å². The van der Waals surface area contributed by atoms with E-state index >= 15 is 0 Å². The highest BCUT2D eigenvalue weighted by Crippen LogP contribution is 2.40. The fourth-order valence-corrected chi connectivity index (χ4v) is 2.96. The topological polar surface area (TPSA) is 289 Å². The van der Waals surface area contributed by atoms with E-state index in [0.717, 1.165) is 18.2 Å². The average molecular weight is 488 g/mol. The summed E-state index contributed by atoms with van der Waals surface area (Å²) in [6.45, 7) is 0.420. The molecule has 9 N–H and O–H groups in total. The van der Waals surface area contributed by atoms with Crippen molar-refractivity contribution >= 4 is 44.2 Å². The van der Waals surface area contributed by atoms with Crippen molar-refractivity contribution in [3.05, 3.63) is 44.5 Å². The van der Waals surface area contributed by atoms with Crippen LogP contribution < -0.4 is 17.2 Å². The van der Waals surface area contributed by atoms with Crippen LogP contribution in [0.25, 0.3) is 10.8 Å². The maximum Gasteiger partial charge on any atom is 0.320 e. The van der Waals surface area contributed by atoms with Crippen molar-refractivity contribution in [3.63, 3.8) is 0 Å². The van der Waals surface area contributed by atoms with Gasteiger partial charge in [0.1, 0.15) is 6.04 Å². The van der Waals surface area contributed by atoms with Crippen LogP contribution in [0.1, 0.15) is 12.8 Å². The molecule has 2 aromatic carbocycles. The number of phenols is 1. The SMILES string of the molecule is NC(N)=NCCCC(N)C(=O)O.O=[N+]([O-])c1cc([N+](=O)[O-])c2ccc(S(=O)(=O)O)cc2c1O. The zero-order chi connectivity index (χ0) is 25.5. The number of aliphatic carboxylic acids is 1. The molecule has 0 aliphatic rings. The van der Waals surface area contributed by atoms with Gasteiger partial charge in [0.05, 0.1) is 26.2 Å². The van der Waals surface area contributed by atoms with Crippen LogP contribution in [0.3, 0.4) is 0 Å². The van der Waals surface area contributed by atoms with Crippen molar-refractivity contribution in [2.24, 2.45) is 22.2 Å². The molecule has 180 valence electrons. The molecule has 0 heterocycles. The van der Waals surface area contributed by atoms with Gasteiger partial charge in [-0.15, -0.1) is 0 Å². The van der Waals surface area contributed by atoms with E-state index in [9.17, 15) is 38.5 Å². The lowest BCUT2D eigenvalue weighted by Crippen LogP contribution is -2.30. The lowest BCUT2D eigenvalue weighted by Gasteiger charge is -2.05. The molecule has 1 atom stereocenters. The Bertz CT molecular complexity index is 1210. The summed E-state index contributed by atoms with van der Waals surface area (Å²) in [5, 5.41) is 39.2. The molecular formula is C16H20N6O10S. The van der Waals surface area contributed by atoms with Gasteiger partial charge in [-0.05, 0) is 31.0 Å². The number of nitro benzene ring substituents is 2. The van der Waals surface area contributed by atoms with Crippen LogP contribution in [-0.2, 0) is 14.9 Å². The number of nitrogens with two attached hydrogens (primary N) is 3. The highest BCUT2D eigenvalue weighted by molar-refractivity contribution is 7.85. The largest absolute Gasteiger partial charge is 0.502 e. The number of benzene rings is 2. The minimum Gasteiger partial charge on any atom is -0.502 e. The maximum absolute atomic E-state index is 11.0. The summed E-state index contributed by atoms with van der Waals surface area (Å²) in [6, 6.07) is 2.33. The number of fused-ring (bicyclic) bond motifs is 1. The Morgan fingerprint density at radius 2 is 1.67 bits per heavy atom. The van der Waals surface area contributed by atoms with Gasteiger partial charge in [0.2, 0.25) is 5.75 Å². The molecule has 16 nitrogen and oxygen atoms in total. The molecule has 0 fully saturated rings. The predicted octanol–water partition coefficient (Wildman–Crippen LogP) is 0.0604. The van der Waals surface area contributed by atoms with Crippen molar-refractivity contribution in [1.82, 2.24) is 0 Å². The van der Waals surface area contributed by atoms with Gasteiger partial charge in [-0.2, -0.15) is 8.42 Å². The monoisotopic (exact) mass is 488 g/mol. The predicted molar refractivity (Wildman–Crippen MR) is 114 cm³/mol. The molecule has 0 bridgehead atoms. The Labute approximate surface area is 185 Å². The molecule has 0 spiro atoms. The van der Waals surface area contributed by atoms with Gasteiger partial charge in [-0.25, -0.2) is 0 Å². The number of rotatable bonds is 8. The quantitative estimate of drug-likeness (QED) is 0.0716. The molecule has 2 aromatic rings. The summed E-state index contributed by atoms with van der Waals surface area (Å²) in [7, 11) is -4.63. The van der Waals surface area contributed by atoms with Crippen LogP contribution >= 0.6 is 0 Å². The average Bonchev–Trinajstić information content (AvgIpc) is 2.70. The molecule has 0 aliphatic heterocycles. The van der Waals surface area contributed by atoms with Crippen LogP contribution in [0.4, 0.5) is 11.4 Å². The van der Waals surface area contributed by atoms with Crippen LogP contribution in [0.5, 0.6) is 5.75 Å². The number of hydrogen-bond donors (Lipinski definition) is 6. The van der Waals surface area contributed by atoms with Gasteiger partial charge in [0, 0.05) is 11.9 Å². The van der Waals surface area contributed by atoms with E-state index in [2.05, 4.69) is 4.99 Å². The lowest BCUT2D eigenvalue weighted by molar-refractivity contribution is -0.393. The first-order valence-electron chi connectivity index (χ1n) is 8.76. The summed E-state index contributed by atoms with van der Waals surface area (Å²) in [6.07, 6.45) is 0.956. The fraction of sp³-hybridized carbons (Fsp3) is 0.250. The van der Waals surface area contributed by atoms with Gasteiger partial charge < -0.3 is 27.4 Å². The van der Waals surface area contributed by atoms with Crippen LogP contribution in [-0.4, -0.2) is 57.5 Å². The summed E-state index contributed by atoms with van der Waals surface area (Å²) in [5.41, 5.74) is 13.7. The number of aromatic hydroxyl groups is 1. The number of nitro groups is 2. The van der Waals surface area contributed by atoms with Crippen molar-refractivity contribution in [2.45, 2.75) is 23.8 Å². The fourth-order valence-electron chi connectivity index (χ4n) is 2.45. The third-order valence-corrected chi connectivity index (χ3v) is 4.86. The lowest BCUT2D eigenvalue weighted by atomic mass is 10.1. The molecule has 0 aromatic heterocycles. The van der Waals surface area contributed by atoms with Gasteiger partial charge in [0.15, 0.2) is 5.96 Å². The van der Waals surface area contributed by atoms with Gasteiger partial charge >= 0.3 is 11.7 Å². The van der Waals surface area contributed by atoms with Crippen LogP contribution in [0.2, 0.25) is 0 Å². The molecule has 0 saturated heterocycles. The van der Waals surface area contributed by atoms with E-state index in [1.54, 1.807) is 0 Å². The van der Waals surface area contributed by atoms with Gasteiger partial charge in [-0.1, -0.05) is 0 Å². The molecular weight excluding hydrogens is 468 g/mol. The van der Waals surface area contributed by atoms with E-state index in [-0.39, 0.29) is 11.3 Å². The van der Waals surface area contributed by atoms with Crippen molar-refractivity contribution in [1.29, 1.82) is 0 Å². The minimum absolute atomic E-state index is 0.0129. The van der Waals surface area contributed by atoms with Gasteiger partial charge in [0.25, 0.3) is 15.8 Å². The number of carbonyl (C=O) groups is 1. The standard InChI is InChI=1S/C10H6N2O8S.C6H14N4O2/c13-10-7-3-5(21(18,19)20)1-2-6(7)8(11(14)15)4-9(10)12(16)17;7-4(5(11)12)2-1-3-10-6(8)9/h1-4,13H,(H,18,19,20);4H,1-3,7H2,(H,11,12)(H4,8,9,10). The highest BCUT2D eigenvalue weighted by Gasteiger charge is 2.26. The molecule has 33 heavy (non-hydrogen) atoms. The molecule has 17 heteroatoms. The summed E-state index contributed by atoms with van der Waals surface area (Å²) >= 11 is 0. The van der Waals surface area contributed by atoms with E-state index in [1.165, 1.54) is 0 Å².